The Morgan fingerprint density at radius 1 is 0.964 bits per heavy atom. The second-order valence-electron chi connectivity index (χ2n) is 6.61. The molecule has 0 amide bonds. The molecule has 0 fully saturated rings. The smallest absolute Gasteiger partial charge is 0.317 e. The van der Waals surface area contributed by atoms with Crippen molar-refractivity contribution in [3.05, 3.63) is 65.7 Å². The third-order valence-electron chi connectivity index (χ3n) is 5.01. The SMILES string of the molecule is CCOC(=O)C1C(=O)C=C(c2ccc(OC)cc2)CC1c1ccc(OC)cc1. The van der Waals surface area contributed by atoms with Crippen LogP contribution < -0.4 is 9.47 Å². The summed E-state index contributed by atoms with van der Waals surface area (Å²) < 4.78 is 15.6. The second kappa shape index (κ2) is 8.74. The van der Waals surface area contributed by atoms with E-state index in [1.165, 1.54) is 0 Å². The molecule has 2 atom stereocenters. The van der Waals surface area contributed by atoms with Gasteiger partial charge in [-0.3, -0.25) is 9.59 Å². The molecule has 0 saturated heterocycles. The topological polar surface area (TPSA) is 61.8 Å². The Kier molecular flexibility index (Phi) is 6.14. The minimum absolute atomic E-state index is 0.226. The molecule has 0 bridgehead atoms. The van der Waals surface area contributed by atoms with Gasteiger partial charge in [-0.05, 0) is 60.4 Å². The number of carbonyl (C=O) groups is 2. The highest BCUT2D eigenvalue weighted by Crippen LogP contribution is 2.41. The highest BCUT2D eigenvalue weighted by atomic mass is 16.5. The lowest BCUT2D eigenvalue weighted by atomic mass is 9.73. The molecule has 146 valence electrons. The van der Waals surface area contributed by atoms with Gasteiger partial charge in [-0.2, -0.15) is 0 Å². The molecule has 0 aromatic heterocycles. The Morgan fingerprint density at radius 2 is 1.54 bits per heavy atom. The van der Waals surface area contributed by atoms with Gasteiger partial charge in [0.15, 0.2) is 5.78 Å². The standard InChI is InChI=1S/C23H24O5/c1-4-28-23(25)22-20(16-7-11-19(27-3)12-8-16)13-17(14-21(22)24)15-5-9-18(26-2)10-6-15/h5-12,14,20,22H,4,13H2,1-3H3. The zero-order valence-corrected chi connectivity index (χ0v) is 16.3. The molecule has 5 heteroatoms. The van der Waals surface area contributed by atoms with E-state index in [0.29, 0.717) is 6.42 Å². The van der Waals surface area contributed by atoms with Gasteiger partial charge in [-0.1, -0.05) is 24.3 Å². The predicted octanol–water partition coefficient (Wildman–Crippen LogP) is 4.02. The van der Waals surface area contributed by atoms with E-state index in [2.05, 4.69) is 0 Å². The average Bonchev–Trinajstić information content (AvgIpc) is 2.73. The average molecular weight is 380 g/mol. The van der Waals surface area contributed by atoms with Gasteiger partial charge in [0.05, 0.1) is 20.8 Å². The number of esters is 1. The Labute approximate surface area is 164 Å². The van der Waals surface area contributed by atoms with Crippen LogP contribution in [-0.2, 0) is 14.3 Å². The van der Waals surface area contributed by atoms with Crippen molar-refractivity contribution in [2.75, 3.05) is 20.8 Å². The van der Waals surface area contributed by atoms with Crippen LogP contribution in [0.5, 0.6) is 11.5 Å². The summed E-state index contributed by atoms with van der Waals surface area (Å²) in [6.07, 6.45) is 2.14. The van der Waals surface area contributed by atoms with Crippen molar-refractivity contribution in [3.8, 4) is 11.5 Å². The summed E-state index contributed by atoms with van der Waals surface area (Å²) in [4.78, 5) is 25.4. The Bertz CT molecular complexity index is 865. The first kappa shape index (κ1) is 19.7. The molecule has 0 aliphatic heterocycles. The molecule has 0 N–H and O–H groups in total. The first-order valence-corrected chi connectivity index (χ1v) is 9.26. The minimum Gasteiger partial charge on any atom is -0.497 e. The van der Waals surface area contributed by atoms with E-state index in [0.717, 1.165) is 28.2 Å². The van der Waals surface area contributed by atoms with Crippen LogP contribution >= 0.6 is 0 Å². The van der Waals surface area contributed by atoms with Crippen molar-refractivity contribution >= 4 is 17.3 Å². The number of ether oxygens (including phenoxy) is 3. The van der Waals surface area contributed by atoms with Gasteiger partial charge in [-0.25, -0.2) is 0 Å². The summed E-state index contributed by atoms with van der Waals surface area (Å²) >= 11 is 0. The fraction of sp³-hybridized carbons (Fsp3) is 0.304. The van der Waals surface area contributed by atoms with Gasteiger partial charge in [0.1, 0.15) is 17.4 Å². The molecule has 0 spiro atoms. The summed E-state index contributed by atoms with van der Waals surface area (Å²) in [5.74, 6) is -0.350. The molecule has 1 aliphatic rings. The van der Waals surface area contributed by atoms with E-state index in [1.807, 2.05) is 48.5 Å². The van der Waals surface area contributed by atoms with Gasteiger partial charge < -0.3 is 14.2 Å². The van der Waals surface area contributed by atoms with Crippen molar-refractivity contribution < 1.29 is 23.8 Å². The molecule has 2 aromatic carbocycles. The quantitative estimate of drug-likeness (QED) is 0.559. The number of carbonyl (C=O) groups excluding carboxylic acids is 2. The molecule has 2 unspecified atom stereocenters. The van der Waals surface area contributed by atoms with Crippen molar-refractivity contribution in [3.63, 3.8) is 0 Å². The van der Waals surface area contributed by atoms with E-state index >= 15 is 0 Å². The van der Waals surface area contributed by atoms with Crippen molar-refractivity contribution in [1.29, 1.82) is 0 Å². The maximum atomic E-state index is 12.9. The van der Waals surface area contributed by atoms with Gasteiger partial charge >= 0.3 is 5.97 Å². The van der Waals surface area contributed by atoms with Gasteiger partial charge in [-0.15, -0.1) is 0 Å². The lowest BCUT2D eigenvalue weighted by Gasteiger charge is -2.29. The van der Waals surface area contributed by atoms with Crippen LogP contribution in [0.1, 0.15) is 30.4 Å². The van der Waals surface area contributed by atoms with Gasteiger partial charge in [0.25, 0.3) is 0 Å². The van der Waals surface area contributed by atoms with Crippen molar-refractivity contribution in [2.45, 2.75) is 19.3 Å². The summed E-state index contributed by atoms with van der Waals surface area (Å²) in [5.41, 5.74) is 2.75. The van der Waals surface area contributed by atoms with Crippen LogP contribution in [0.4, 0.5) is 0 Å². The Hall–Kier alpha value is -3.08. The summed E-state index contributed by atoms with van der Waals surface area (Å²) in [7, 11) is 3.22. The molecule has 0 heterocycles. The largest absolute Gasteiger partial charge is 0.497 e. The molecule has 3 rings (SSSR count). The molecular formula is C23H24O5. The summed E-state index contributed by atoms with van der Waals surface area (Å²) in [5, 5.41) is 0. The molecule has 0 radical (unpaired) electrons. The molecule has 0 saturated carbocycles. The van der Waals surface area contributed by atoms with E-state index in [1.54, 1.807) is 27.2 Å². The highest BCUT2D eigenvalue weighted by Gasteiger charge is 2.39. The number of rotatable bonds is 6. The van der Waals surface area contributed by atoms with Crippen LogP contribution in [0.2, 0.25) is 0 Å². The van der Waals surface area contributed by atoms with Crippen LogP contribution in [0, 0.1) is 5.92 Å². The first-order valence-electron chi connectivity index (χ1n) is 9.26. The van der Waals surface area contributed by atoms with Gasteiger partial charge in [0.2, 0.25) is 0 Å². The predicted molar refractivity (Wildman–Crippen MR) is 106 cm³/mol. The first-order chi connectivity index (χ1) is 13.6. The maximum absolute atomic E-state index is 12.9. The van der Waals surface area contributed by atoms with Crippen molar-refractivity contribution in [2.24, 2.45) is 5.92 Å². The van der Waals surface area contributed by atoms with Crippen molar-refractivity contribution in [1.82, 2.24) is 0 Å². The maximum Gasteiger partial charge on any atom is 0.317 e. The van der Waals surface area contributed by atoms with Crippen LogP contribution in [0.15, 0.2) is 54.6 Å². The third-order valence-corrected chi connectivity index (χ3v) is 5.01. The fourth-order valence-electron chi connectivity index (χ4n) is 3.55. The number of methoxy groups -OCH3 is 2. The van der Waals surface area contributed by atoms with Gasteiger partial charge in [0, 0.05) is 5.92 Å². The number of benzene rings is 2. The van der Waals surface area contributed by atoms with Crippen LogP contribution in [-0.4, -0.2) is 32.6 Å². The Morgan fingerprint density at radius 3 is 2.07 bits per heavy atom. The fourth-order valence-corrected chi connectivity index (χ4v) is 3.55. The van der Waals surface area contributed by atoms with Crippen LogP contribution in [0.25, 0.3) is 5.57 Å². The molecule has 1 aliphatic carbocycles. The zero-order chi connectivity index (χ0) is 20.1. The number of hydrogen-bond donors (Lipinski definition) is 0. The number of allylic oxidation sites excluding steroid dienone is 2. The lowest BCUT2D eigenvalue weighted by molar-refractivity contribution is -0.151. The zero-order valence-electron chi connectivity index (χ0n) is 16.3. The third kappa shape index (κ3) is 4.09. The van der Waals surface area contributed by atoms with Crippen LogP contribution in [0.3, 0.4) is 0 Å². The monoisotopic (exact) mass is 380 g/mol. The van der Waals surface area contributed by atoms with E-state index in [-0.39, 0.29) is 18.3 Å². The second-order valence-corrected chi connectivity index (χ2v) is 6.61. The molecule has 5 nitrogen and oxygen atoms in total. The number of hydrogen-bond acceptors (Lipinski definition) is 5. The molecule has 2 aromatic rings. The van der Waals surface area contributed by atoms with E-state index < -0.39 is 11.9 Å². The van der Waals surface area contributed by atoms with E-state index in [9.17, 15) is 9.59 Å². The lowest BCUT2D eigenvalue weighted by Crippen LogP contribution is -2.34. The minimum atomic E-state index is -0.838. The summed E-state index contributed by atoms with van der Waals surface area (Å²) in [6, 6.07) is 15.1. The van der Waals surface area contributed by atoms with E-state index in [4.69, 9.17) is 14.2 Å². The normalized spacial score (nSPS) is 19.0. The highest BCUT2D eigenvalue weighted by molar-refractivity contribution is 6.10. The molecule has 28 heavy (non-hydrogen) atoms. The summed E-state index contributed by atoms with van der Waals surface area (Å²) in [6.45, 7) is 1.99. The number of ketones is 1. The molecular weight excluding hydrogens is 356 g/mol. The Balaban J connectivity index is 1.98.